The highest BCUT2D eigenvalue weighted by atomic mass is 16.8. The lowest BCUT2D eigenvalue weighted by Gasteiger charge is -2.00. The second-order valence-corrected chi connectivity index (χ2v) is 5.52. The molecule has 0 amide bonds. The molecular weight excluding hydrogens is 332 g/mol. The third-order valence-corrected chi connectivity index (χ3v) is 3.99. The third kappa shape index (κ3) is 2.45. The molecule has 0 aromatic heterocycles. The molecule has 4 rings (SSSR count). The number of fused-ring (bicyclic) bond motifs is 1. The molecule has 2 aromatic rings. The van der Waals surface area contributed by atoms with E-state index in [1.165, 1.54) is 24.3 Å². The summed E-state index contributed by atoms with van der Waals surface area (Å²) < 4.78 is 10.9. The van der Waals surface area contributed by atoms with Crippen LogP contribution in [0, 0.1) is 9.81 Å². The van der Waals surface area contributed by atoms with Crippen molar-refractivity contribution < 1.29 is 33.9 Å². The lowest BCUT2D eigenvalue weighted by atomic mass is 10.1. The van der Waals surface area contributed by atoms with Crippen LogP contribution >= 0.6 is 0 Å². The van der Waals surface area contributed by atoms with E-state index in [-0.39, 0.29) is 22.8 Å². The molecule has 2 aromatic carbocycles. The molecule has 2 atom stereocenters. The molecule has 1 fully saturated rings. The highest BCUT2D eigenvalue weighted by molar-refractivity contribution is 5.87. The van der Waals surface area contributed by atoms with Gasteiger partial charge in [-0.15, -0.1) is 4.84 Å². The molecule has 1 saturated heterocycles. The highest BCUT2D eigenvalue weighted by Crippen LogP contribution is 2.39. The molecule has 1 N–H and O–H groups in total. The number of carbonyl (C=O) groups is 1. The summed E-state index contributed by atoms with van der Waals surface area (Å²) in [6.07, 6.45) is -2.49. The Kier molecular flexibility index (Phi) is 3.34. The number of hydrogen-bond acceptors (Lipinski definition) is 6. The van der Waals surface area contributed by atoms with Crippen LogP contribution in [0.25, 0.3) is 0 Å². The standard InChI is InChI=1S/C16H11N2O7/c19-16(20)11-3-1-2-9(6-11)14-17(21)15(25-18(14)22)10-4-5-12-13(7-10)24-8-23-12/h1-7,14-15H,8H2/q+1/p+1. The van der Waals surface area contributed by atoms with Gasteiger partial charge in [-0.3, -0.25) is 0 Å². The minimum Gasteiger partial charge on any atom is -0.478 e. The number of aromatic carboxylic acids is 1. The maximum Gasteiger partial charge on any atom is 0.511 e. The average Bonchev–Trinajstić information content (AvgIpc) is 3.18. The molecular formula is C16H12N2O7+2. The fraction of sp³-hybridized carbons (Fsp3) is 0.188. The molecule has 25 heavy (non-hydrogen) atoms. The zero-order valence-corrected chi connectivity index (χ0v) is 12.7. The normalized spacial score (nSPS) is 21.3. The Hall–Kier alpha value is -3.49. The zero-order chi connectivity index (χ0) is 17.6. The maximum atomic E-state index is 12.6. The lowest BCUT2D eigenvalue weighted by molar-refractivity contribution is -0.842. The molecule has 0 radical (unpaired) electrons. The molecule has 9 heteroatoms. The molecule has 126 valence electrons. The summed E-state index contributed by atoms with van der Waals surface area (Å²) in [6.45, 7) is 0.0870. The van der Waals surface area contributed by atoms with Gasteiger partial charge in [-0.05, 0) is 36.4 Å². The van der Waals surface area contributed by atoms with E-state index < -0.39 is 18.4 Å². The SMILES string of the molecule is O=C(O)c1cccc(C2[N+](=O)OC(c3ccc4c(c3)OCO4)[N+]2=O)c1. The number of rotatable bonds is 3. The molecule has 0 aliphatic carbocycles. The van der Waals surface area contributed by atoms with Gasteiger partial charge in [0.2, 0.25) is 6.79 Å². The molecule has 2 aliphatic rings. The van der Waals surface area contributed by atoms with E-state index in [4.69, 9.17) is 19.4 Å². The predicted octanol–water partition coefficient (Wildman–Crippen LogP) is 2.31. The van der Waals surface area contributed by atoms with Crippen molar-refractivity contribution in [2.24, 2.45) is 0 Å². The van der Waals surface area contributed by atoms with E-state index in [1.54, 1.807) is 18.2 Å². The van der Waals surface area contributed by atoms with Crippen molar-refractivity contribution in [3.8, 4) is 11.5 Å². The van der Waals surface area contributed by atoms with Crippen molar-refractivity contribution in [1.82, 2.24) is 0 Å². The summed E-state index contributed by atoms with van der Waals surface area (Å²) in [5.74, 6) is -0.143. The quantitative estimate of drug-likeness (QED) is 0.852. The Balaban J connectivity index is 1.66. The Bertz CT molecular complexity index is 911. The molecule has 0 spiro atoms. The van der Waals surface area contributed by atoms with Crippen molar-refractivity contribution in [3.63, 3.8) is 0 Å². The largest absolute Gasteiger partial charge is 0.511 e. The van der Waals surface area contributed by atoms with Crippen molar-refractivity contribution >= 4 is 5.97 Å². The summed E-state index contributed by atoms with van der Waals surface area (Å²) in [4.78, 5) is 41.2. The van der Waals surface area contributed by atoms with Gasteiger partial charge in [0.1, 0.15) is 10.3 Å². The van der Waals surface area contributed by atoms with E-state index in [2.05, 4.69) is 0 Å². The molecule has 2 unspecified atom stereocenters. The van der Waals surface area contributed by atoms with E-state index in [0.717, 1.165) is 0 Å². The molecule has 2 heterocycles. The molecule has 2 aliphatic heterocycles. The van der Waals surface area contributed by atoms with E-state index in [1.807, 2.05) is 0 Å². The van der Waals surface area contributed by atoms with Crippen LogP contribution in [0.1, 0.15) is 33.9 Å². The number of hydrogen-bond donors (Lipinski definition) is 1. The van der Waals surface area contributed by atoms with Gasteiger partial charge in [-0.25, -0.2) is 4.79 Å². The van der Waals surface area contributed by atoms with Crippen molar-refractivity contribution in [2.45, 2.75) is 12.4 Å². The van der Waals surface area contributed by atoms with E-state index in [0.29, 0.717) is 21.8 Å². The summed E-state index contributed by atoms with van der Waals surface area (Å²) in [5.41, 5.74) is 0.635. The number of benzene rings is 2. The Labute approximate surface area is 140 Å². The van der Waals surface area contributed by atoms with Gasteiger partial charge >= 0.3 is 23.3 Å². The van der Waals surface area contributed by atoms with Crippen LogP contribution in [-0.4, -0.2) is 27.6 Å². The number of carboxylic acids is 1. The van der Waals surface area contributed by atoms with Gasteiger partial charge < -0.3 is 14.6 Å². The smallest absolute Gasteiger partial charge is 0.478 e. The Morgan fingerprint density at radius 3 is 2.64 bits per heavy atom. The number of ether oxygens (including phenoxy) is 2. The minimum atomic E-state index is -1.31. The highest BCUT2D eigenvalue weighted by Gasteiger charge is 2.61. The third-order valence-electron chi connectivity index (χ3n) is 3.99. The molecule has 0 bridgehead atoms. The van der Waals surface area contributed by atoms with Crippen LogP contribution in [0.2, 0.25) is 0 Å². The summed E-state index contributed by atoms with van der Waals surface area (Å²) >= 11 is 0. The topological polar surface area (TPSA) is 105 Å². The van der Waals surface area contributed by atoms with Gasteiger partial charge in [0.05, 0.1) is 16.0 Å². The van der Waals surface area contributed by atoms with Crippen LogP contribution in [0.15, 0.2) is 42.5 Å². The van der Waals surface area contributed by atoms with Crippen LogP contribution in [0.4, 0.5) is 0 Å². The van der Waals surface area contributed by atoms with Gasteiger partial charge in [0.25, 0.3) is 0 Å². The van der Waals surface area contributed by atoms with Crippen LogP contribution in [0.5, 0.6) is 11.5 Å². The van der Waals surface area contributed by atoms with Crippen LogP contribution < -0.4 is 9.47 Å². The Morgan fingerprint density at radius 1 is 1.04 bits per heavy atom. The fourth-order valence-corrected chi connectivity index (χ4v) is 2.80. The van der Waals surface area contributed by atoms with Gasteiger partial charge in [-0.1, -0.05) is 6.07 Å². The van der Waals surface area contributed by atoms with Crippen LogP contribution in [-0.2, 0) is 4.84 Å². The Morgan fingerprint density at radius 2 is 1.84 bits per heavy atom. The van der Waals surface area contributed by atoms with Gasteiger partial charge in [0, 0.05) is 4.91 Å². The van der Waals surface area contributed by atoms with Gasteiger partial charge in [-0.2, -0.15) is 0 Å². The second-order valence-electron chi connectivity index (χ2n) is 5.52. The predicted molar refractivity (Wildman–Crippen MR) is 79.8 cm³/mol. The van der Waals surface area contributed by atoms with Crippen LogP contribution in [0.3, 0.4) is 0 Å². The first kappa shape index (κ1) is 15.1. The minimum absolute atomic E-state index is 0.0224. The average molecular weight is 344 g/mol. The van der Waals surface area contributed by atoms with E-state index >= 15 is 0 Å². The first-order valence-corrected chi connectivity index (χ1v) is 7.36. The zero-order valence-electron chi connectivity index (χ0n) is 12.7. The van der Waals surface area contributed by atoms with Crippen molar-refractivity contribution in [3.05, 3.63) is 69.0 Å². The number of carboxylic acid groups (broad SMARTS) is 1. The first-order chi connectivity index (χ1) is 12.0. The molecule has 9 nitrogen and oxygen atoms in total. The maximum absolute atomic E-state index is 12.6. The first-order valence-electron chi connectivity index (χ1n) is 7.36. The molecule has 0 saturated carbocycles. The summed E-state index contributed by atoms with van der Waals surface area (Å²) in [7, 11) is 0. The fourth-order valence-electron chi connectivity index (χ4n) is 2.80. The number of nitroso groups, excluding NO2 is 1. The van der Waals surface area contributed by atoms with Crippen molar-refractivity contribution in [2.75, 3.05) is 6.79 Å². The summed E-state index contributed by atoms with van der Waals surface area (Å²) in [5, 5.41) is 9.06. The number of nitrogens with zero attached hydrogens (tertiary/aromatic N) is 2. The van der Waals surface area contributed by atoms with E-state index in [9.17, 15) is 14.6 Å². The second kappa shape index (κ2) is 5.55. The monoisotopic (exact) mass is 344 g/mol. The summed E-state index contributed by atoms with van der Waals surface area (Å²) in [6, 6.07) is 10.4. The van der Waals surface area contributed by atoms with Gasteiger partial charge in [0.15, 0.2) is 11.5 Å². The van der Waals surface area contributed by atoms with Crippen molar-refractivity contribution in [1.29, 1.82) is 0 Å². The lowest BCUT2D eigenvalue weighted by Crippen LogP contribution is -2.16.